The van der Waals surface area contributed by atoms with Crippen molar-refractivity contribution in [1.29, 1.82) is 0 Å². The Morgan fingerprint density at radius 3 is 2.22 bits per heavy atom. The predicted octanol–water partition coefficient (Wildman–Crippen LogP) is 3.91. The number of carbonyl (C=O) groups excluding carboxylic acids is 1. The zero-order valence-electron chi connectivity index (χ0n) is 10.9. The molecule has 0 aliphatic rings. The van der Waals surface area contributed by atoms with Crippen LogP contribution in [-0.2, 0) is 11.2 Å². The Morgan fingerprint density at radius 1 is 1.00 bits per heavy atom. The second kappa shape index (κ2) is 5.63. The van der Waals surface area contributed by atoms with Gasteiger partial charge in [0, 0.05) is 12.3 Å². The van der Waals surface area contributed by atoms with Crippen molar-refractivity contribution < 1.29 is 4.79 Å². The van der Waals surface area contributed by atoms with E-state index in [2.05, 4.69) is 19.1 Å². The van der Waals surface area contributed by atoms with Crippen LogP contribution in [0, 0.1) is 6.92 Å². The lowest BCUT2D eigenvalue weighted by atomic mass is 9.93. The molecule has 2 rings (SSSR count). The summed E-state index contributed by atoms with van der Waals surface area (Å²) in [5.74, 6) is 0.234. The molecule has 92 valence electrons. The zero-order chi connectivity index (χ0) is 13.0. The molecule has 0 saturated carbocycles. The van der Waals surface area contributed by atoms with Crippen molar-refractivity contribution in [3.8, 4) is 0 Å². The molecule has 0 aliphatic heterocycles. The van der Waals surface area contributed by atoms with Crippen LogP contribution in [0.25, 0.3) is 0 Å². The van der Waals surface area contributed by atoms with E-state index in [1.165, 1.54) is 5.56 Å². The minimum atomic E-state index is -0.0347. The highest BCUT2D eigenvalue weighted by Crippen LogP contribution is 2.18. The zero-order valence-corrected chi connectivity index (χ0v) is 10.9. The van der Waals surface area contributed by atoms with Gasteiger partial charge < -0.3 is 0 Å². The number of rotatable bonds is 4. The first-order valence-electron chi connectivity index (χ1n) is 6.30. The van der Waals surface area contributed by atoms with Crippen LogP contribution in [0.2, 0.25) is 0 Å². The van der Waals surface area contributed by atoms with Crippen LogP contribution in [0.1, 0.15) is 29.5 Å². The summed E-state index contributed by atoms with van der Waals surface area (Å²) in [6, 6.07) is 18.1. The summed E-state index contributed by atoms with van der Waals surface area (Å²) in [5.41, 5.74) is 3.41. The normalized spacial score (nSPS) is 12.1. The summed E-state index contributed by atoms with van der Waals surface area (Å²) in [4.78, 5) is 12.2. The second-order valence-corrected chi connectivity index (χ2v) is 4.76. The maximum absolute atomic E-state index is 12.2. The first-order valence-corrected chi connectivity index (χ1v) is 6.30. The van der Waals surface area contributed by atoms with Gasteiger partial charge in [-0.2, -0.15) is 0 Å². The predicted molar refractivity (Wildman–Crippen MR) is 74.7 cm³/mol. The monoisotopic (exact) mass is 238 g/mol. The Morgan fingerprint density at radius 2 is 1.61 bits per heavy atom. The third-order valence-corrected chi connectivity index (χ3v) is 3.28. The standard InChI is InChI=1S/C17H18O/c1-13-8-10-15(11-9-13)12-17(18)14(2)16-6-4-3-5-7-16/h3-11,14H,12H2,1-2H3. The molecule has 0 bridgehead atoms. The molecule has 1 unspecified atom stereocenters. The van der Waals surface area contributed by atoms with Crippen LogP contribution in [-0.4, -0.2) is 5.78 Å². The second-order valence-electron chi connectivity index (χ2n) is 4.76. The average molecular weight is 238 g/mol. The van der Waals surface area contributed by atoms with E-state index in [9.17, 15) is 4.79 Å². The van der Waals surface area contributed by atoms with Crippen molar-refractivity contribution in [2.24, 2.45) is 0 Å². The molecule has 0 spiro atoms. The lowest BCUT2D eigenvalue weighted by molar-refractivity contribution is -0.119. The van der Waals surface area contributed by atoms with Gasteiger partial charge in [0.1, 0.15) is 5.78 Å². The van der Waals surface area contributed by atoms with Gasteiger partial charge in [-0.25, -0.2) is 0 Å². The summed E-state index contributed by atoms with van der Waals surface area (Å²) >= 11 is 0. The Kier molecular flexibility index (Phi) is 3.93. The van der Waals surface area contributed by atoms with Crippen LogP contribution in [0.15, 0.2) is 54.6 Å². The van der Waals surface area contributed by atoms with Crippen LogP contribution in [0.4, 0.5) is 0 Å². The van der Waals surface area contributed by atoms with Gasteiger partial charge >= 0.3 is 0 Å². The van der Waals surface area contributed by atoms with Crippen LogP contribution in [0.5, 0.6) is 0 Å². The molecule has 2 aromatic rings. The fourth-order valence-corrected chi connectivity index (χ4v) is 1.99. The first-order chi connectivity index (χ1) is 8.66. The first kappa shape index (κ1) is 12.6. The van der Waals surface area contributed by atoms with Crippen LogP contribution >= 0.6 is 0 Å². The summed E-state index contributed by atoms with van der Waals surface area (Å²) < 4.78 is 0. The van der Waals surface area contributed by atoms with E-state index >= 15 is 0 Å². The quantitative estimate of drug-likeness (QED) is 0.789. The van der Waals surface area contributed by atoms with E-state index in [1.54, 1.807) is 0 Å². The van der Waals surface area contributed by atoms with Crippen molar-refractivity contribution >= 4 is 5.78 Å². The van der Waals surface area contributed by atoms with Gasteiger partial charge in [-0.1, -0.05) is 67.1 Å². The van der Waals surface area contributed by atoms with Gasteiger partial charge in [-0.05, 0) is 18.1 Å². The Balaban J connectivity index is 2.06. The smallest absolute Gasteiger partial charge is 0.144 e. The van der Waals surface area contributed by atoms with Crippen LogP contribution < -0.4 is 0 Å². The van der Waals surface area contributed by atoms with E-state index < -0.39 is 0 Å². The van der Waals surface area contributed by atoms with E-state index in [1.807, 2.05) is 49.4 Å². The van der Waals surface area contributed by atoms with Gasteiger partial charge in [0.15, 0.2) is 0 Å². The van der Waals surface area contributed by atoms with Crippen molar-refractivity contribution in [1.82, 2.24) is 0 Å². The van der Waals surface area contributed by atoms with Crippen LogP contribution in [0.3, 0.4) is 0 Å². The summed E-state index contributed by atoms with van der Waals surface area (Å²) in [6.07, 6.45) is 0.510. The highest BCUT2D eigenvalue weighted by Gasteiger charge is 2.14. The van der Waals surface area contributed by atoms with E-state index in [-0.39, 0.29) is 11.7 Å². The van der Waals surface area contributed by atoms with E-state index in [0.717, 1.165) is 11.1 Å². The SMILES string of the molecule is Cc1ccc(CC(=O)C(C)c2ccccc2)cc1. The molecule has 1 atom stereocenters. The average Bonchev–Trinajstić information content (AvgIpc) is 2.41. The summed E-state index contributed by atoms with van der Waals surface area (Å²) in [6.45, 7) is 4.03. The van der Waals surface area contributed by atoms with Crippen molar-refractivity contribution in [3.63, 3.8) is 0 Å². The van der Waals surface area contributed by atoms with Crippen molar-refractivity contribution in [2.75, 3.05) is 0 Å². The summed E-state index contributed by atoms with van der Waals surface area (Å²) in [7, 11) is 0. The van der Waals surface area contributed by atoms with Gasteiger partial charge in [0.05, 0.1) is 0 Å². The summed E-state index contributed by atoms with van der Waals surface area (Å²) in [5, 5.41) is 0. The molecule has 1 heteroatoms. The molecule has 0 amide bonds. The molecule has 0 N–H and O–H groups in total. The molecule has 0 aliphatic carbocycles. The molecule has 0 fully saturated rings. The fourth-order valence-electron chi connectivity index (χ4n) is 1.99. The largest absolute Gasteiger partial charge is 0.299 e. The molecular formula is C17H18O. The fraction of sp³-hybridized carbons (Fsp3) is 0.235. The van der Waals surface area contributed by atoms with Crippen molar-refractivity contribution in [2.45, 2.75) is 26.2 Å². The number of hydrogen-bond donors (Lipinski definition) is 0. The lowest BCUT2D eigenvalue weighted by Gasteiger charge is -2.10. The molecular weight excluding hydrogens is 220 g/mol. The van der Waals surface area contributed by atoms with Gasteiger partial charge in [-0.3, -0.25) is 4.79 Å². The number of benzene rings is 2. The topological polar surface area (TPSA) is 17.1 Å². The maximum atomic E-state index is 12.2. The number of ketones is 1. The lowest BCUT2D eigenvalue weighted by Crippen LogP contribution is -2.11. The molecule has 0 aromatic heterocycles. The molecule has 0 radical (unpaired) electrons. The minimum absolute atomic E-state index is 0.0347. The third-order valence-electron chi connectivity index (χ3n) is 3.28. The number of Topliss-reactive ketones (excluding diaryl/α,β-unsaturated/α-hetero) is 1. The van der Waals surface area contributed by atoms with Crippen molar-refractivity contribution in [3.05, 3.63) is 71.3 Å². The molecule has 18 heavy (non-hydrogen) atoms. The highest BCUT2D eigenvalue weighted by atomic mass is 16.1. The molecule has 0 saturated heterocycles. The highest BCUT2D eigenvalue weighted by molar-refractivity contribution is 5.87. The molecule has 2 aromatic carbocycles. The van der Waals surface area contributed by atoms with E-state index in [4.69, 9.17) is 0 Å². The number of carbonyl (C=O) groups is 1. The Labute approximate surface area is 108 Å². The van der Waals surface area contributed by atoms with E-state index in [0.29, 0.717) is 6.42 Å². The van der Waals surface area contributed by atoms with Gasteiger partial charge in [0.25, 0.3) is 0 Å². The maximum Gasteiger partial charge on any atom is 0.144 e. The third kappa shape index (κ3) is 3.07. The Bertz CT molecular complexity index is 511. The molecule has 1 nitrogen and oxygen atoms in total. The molecule has 0 heterocycles. The van der Waals surface area contributed by atoms with Gasteiger partial charge in [-0.15, -0.1) is 0 Å². The Hall–Kier alpha value is -1.89. The van der Waals surface area contributed by atoms with Gasteiger partial charge in [0.2, 0.25) is 0 Å². The number of hydrogen-bond acceptors (Lipinski definition) is 1. The number of aryl methyl sites for hydroxylation is 1. The minimum Gasteiger partial charge on any atom is -0.299 e.